The average molecular weight is 294 g/mol. The third kappa shape index (κ3) is 2.03. The van der Waals surface area contributed by atoms with Gasteiger partial charge >= 0.3 is 0 Å². The number of rotatable bonds is 3. The third-order valence-corrected chi connectivity index (χ3v) is 5.19. The SMILES string of the molecule is CC[C@@H]1CCCCN1CN1C(=O)c2cccc3cccc1c23. The number of likely N-dealkylation sites (tertiary alicyclic amines) is 1. The molecular formula is C19H22N2O. The molecule has 3 nitrogen and oxygen atoms in total. The second-order valence-corrected chi connectivity index (χ2v) is 6.43. The lowest BCUT2D eigenvalue weighted by molar-refractivity contribution is 0.0935. The van der Waals surface area contributed by atoms with Crippen molar-refractivity contribution in [1.29, 1.82) is 0 Å². The Morgan fingerprint density at radius 3 is 2.77 bits per heavy atom. The Morgan fingerprint density at radius 1 is 1.14 bits per heavy atom. The summed E-state index contributed by atoms with van der Waals surface area (Å²) in [5.74, 6) is 0.159. The van der Waals surface area contributed by atoms with Crippen LogP contribution >= 0.6 is 0 Å². The maximum Gasteiger partial charge on any atom is 0.260 e. The molecule has 2 aromatic carbocycles. The van der Waals surface area contributed by atoms with E-state index in [9.17, 15) is 4.79 Å². The summed E-state index contributed by atoms with van der Waals surface area (Å²) in [5, 5.41) is 2.29. The average Bonchev–Trinajstić information content (AvgIpc) is 2.84. The number of anilines is 1. The number of carbonyl (C=O) groups is 1. The third-order valence-electron chi connectivity index (χ3n) is 5.19. The maximum absolute atomic E-state index is 12.8. The van der Waals surface area contributed by atoms with E-state index in [-0.39, 0.29) is 5.91 Å². The fourth-order valence-corrected chi connectivity index (χ4v) is 4.01. The van der Waals surface area contributed by atoms with Crippen LogP contribution in [0.5, 0.6) is 0 Å². The Balaban J connectivity index is 1.70. The lowest BCUT2D eigenvalue weighted by Gasteiger charge is -2.37. The van der Waals surface area contributed by atoms with Crippen molar-refractivity contribution in [3.63, 3.8) is 0 Å². The minimum Gasteiger partial charge on any atom is -0.294 e. The van der Waals surface area contributed by atoms with Crippen LogP contribution in [0.4, 0.5) is 5.69 Å². The molecule has 0 spiro atoms. The van der Waals surface area contributed by atoms with E-state index in [1.807, 2.05) is 17.0 Å². The zero-order valence-electron chi connectivity index (χ0n) is 13.1. The predicted molar refractivity (Wildman–Crippen MR) is 90.3 cm³/mol. The molecule has 0 bridgehead atoms. The van der Waals surface area contributed by atoms with Gasteiger partial charge in [-0.25, -0.2) is 0 Å². The van der Waals surface area contributed by atoms with Crippen molar-refractivity contribution in [2.75, 3.05) is 18.1 Å². The molecule has 22 heavy (non-hydrogen) atoms. The van der Waals surface area contributed by atoms with E-state index in [2.05, 4.69) is 36.1 Å². The molecule has 0 radical (unpaired) electrons. The molecule has 1 atom stereocenters. The Bertz CT molecular complexity index is 719. The molecule has 1 saturated heterocycles. The van der Waals surface area contributed by atoms with E-state index in [1.165, 1.54) is 25.7 Å². The molecule has 2 aliphatic rings. The number of nitrogens with zero attached hydrogens (tertiary/aromatic N) is 2. The van der Waals surface area contributed by atoms with Gasteiger partial charge in [0.15, 0.2) is 0 Å². The van der Waals surface area contributed by atoms with Crippen molar-refractivity contribution in [1.82, 2.24) is 4.90 Å². The maximum atomic E-state index is 12.8. The van der Waals surface area contributed by atoms with Gasteiger partial charge in [-0.3, -0.25) is 14.6 Å². The molecule has 1 amide bonds. The first-order valence-electron chi connectivity index (χ1n) is 8.37. The van der Waals surface area contributed by atoms with E-state index < -0.39 is 0 Å². The number of benzene rings is 2. The predicted octanol–water partition coefficient (Wildman–Crippen LogP) is 4.02. The quantitative estimate of drug-likeness (QED) is 0.853. The Labute approximate surface area is 131 Å². The summed E-state index contributed by atoms with van der Waals surface area (Å²) in [5.41, 5.74) is 1.94. The van der Waals surface area contributed by atoms with Crippen LogP contribution in [0.3, 0.4) is 0 Å². The number of carbonyl (C=O) groups excluding carboxylic acids is 1. The molecule has 4 rings (SSSR count). The summed E-state index contributed by atoms with van der Waals surface area (Å²) >= 11 is 0. The van der Waals surface area contributed by atoms with Crippen molar-refractivity contribution in [2.45, 2.75) is 38.6 Å². The van der Waals surface area contributed by atoms with Gasteiger partial charge in [0, 0.05) is 23.5 Å². The number of piperidine rings is 1. The first-order valence-corrected chi connectivity index (χ1v) is 8.37. The van der Waals surface area contributed by atoms with Gasteiger partial charge in [0.2, 0.25) is 0 Å². The van der Waals surface area contributed by atoms with E-state index in [0.717, 1.165) is 35.2 Å². The molecule has 0 unspecified atom stereocenters. The highest BCUT2D eigenvalue weighted by Crippen LogP contribution is 2.37. The van der Waals surface area contributed by atoms with Gasteiger partial charge in [-0.1, -0.05) is 37.6 Å². The van der Waals surface area contributed by atoms with E-state index in [4.69, 9.17) is 0 Å². The van der Waals surface area contributed by atoms with Crippen LogP contribution in [0, 0.1) is 0 Å². The highest BCUT2D eigenvalue weighted by atomic mass is 16.2. The van der Waals surface area contributed by atoms with Crippen molar-refractivity contribution >= 4 is 22.4 Å². The summed E-state index contributed by atoms with van der Waals surface area (Å²) in [6.07, 6.45) is 4.99. The summed E-state index contributed by atoms with van der Waals surface area (Å²) in [6.45, 7) is 4.09. The second kappa shape index (κ2) is 5.40. The van der Waals surface area contributed by atoms with Crippen LogP contribution in [-0.4, -0.2) is 30.1 Å². The first kappa shape index (κ1) is 13.8. The number of amides is 1. The topological polar surface area (TPSA) is 23.6 Å². The lowest BCUT2D eigenvalue weighted by Crippen LogP contribution is -2.47. The molecular weight excluding hydrogens is 272 g/mol. The fraction of sp³-hybridized carbons (Fsp3) is 0.421. The molecule has 0 N–H and O–H groups in total. The summed E-state index contributed by atoms with van der Waals surface area (Å²) in [4.78, 5) is 17.3. The van der Waals surface area contributed by atoms with Crippen molar-refractivity contribution in [2.24, 2.45) is 0 Å². The standard InChI is InChI=1S/C19H22N2O/c1-2-15-9-3-4-12-20(15)13-21-17-11-6-8-14-7-5-10-16(18(14)17)19(21)22/h5-8,10-11,15H,2-4,9,12-13H2,1H3/t15-/m1/s1. The molecule has 0 saturated carbocycles. The highest BCUT2D eigenvalue weighted by molar-refractivity contribution is 6.24. The smallest absolute Gasteiger partial charge is 0.260 e. The summed E-state index contributed by atoms with van der Waals surface area (Å²) < 4.78 is 0. The molecule has 2 heterocycles. The van der Waals surface area contributed by atoms with Crippen molar-refractivity contribution in [3.05, 3.63) is 42.0 Å². The van der Waals surface area contributed by atoms with Gasteiger partial charge in [0.05, 0.1) is 12.4 Å². The molecule has 0 aliphatic carbocycles. The zero-order valence-corrected chi connectivity index (χ0v) is 13.1. The highest BCUT2D eigenvalue weighted by Gasteiger charge is 2.32. The largest absolute Gasteiger partial charge is 0.294 e. The van der Waals surface area contributed by atoms with Crippen LogP contribution < -0.4 is 4.90 Å². The summed E-state index contributed by atoms with van der Waals surface area (Å²) in [6, 6.07) is 12.9. The Kier molecular flexibility index (Phi) is 3.38. The molecule has 114 valence electrons. The first-order chi connectivity index (χ1) is 10.8. The molecule has 2 aliphatic heterocycles. The van der Waals surface area contributed by atoms with Crippen LogP contribution in [0.2, 0.25) is 0 Å². The van der Waals surface area contributed by atoms with E-state index >= 15 is 0 Å². The van der Waals surface area contributed by atoms with E-state index in [0.29, 0.717) is 6.04 Å². The van der Waals surface area contributed by atoms with Crippen LogP contribution in [0.25, 0.3) is 10.8 Å². The lowest BCUT2D eigenvalue weighted by atomic mass is 10.0. The van der Waals surface area contributed by atoms with Crippen LogP contribution in [0.1, 0.15) is 43.0 Å². The van der Waals surface area contributed by atoms with Crippen LogP contribution in [0.15, 0.2) is 36.4 Å². The summed E-state index contributed by atoms with van der Waals surface area (Å²) in [7, 11) is 0. The second-order valence-electron chi connectivity index (χ2n) is 6.43. The van der Waals surface area contributed by atoms with Gasteiger partial charge < -0.3 is 0 Å². The van der Waals surface area contributed by atoms with Gasteiger partial charge in [0.1, 0.15) is 0 Å². The molecule has 3 heteroatoms. The number of hydrogen-bond donors (Lipinski definition) is 0. The van der Waals surface area contributed by atoms with Gasteiger partial charge in [-0.05, 0) is 36.8 Å². The van der Waals surface area contributed by atoms with Gasteiger partial charge in [-0.2, -0.15) is 0 Å². The monoisotopic (exact) mass is 294 g/mol. The minimum absolute atomic E-state index is 0.159. The zero-order chi connectivity index (χ0) is 15.1. The van der Waals surface area contributed by atoms with Gasteiger partial charge in [0.25, 0.3) is 5.91 Å². The Morgan fingerprint density at radius 2 is 1.95 bits per heavy atom. The van der Waals surface area contributed by atoms with Gasteiger partial charge in [-0.15, -0.1) is 0 Å². The minimum atomic E-state index is 0.159. The Hall–Kier alpha value is -1.87. The van der Waals surface area contributed by atoms with Crippen LogP contribution in [-0.2, 0) is 0 Å². The molecule has 1 fully saturated rings. The fourth-order valence-electron chi connectivity index (χ4n) is 4.01. The normalized spacial score (nSPS) is 21.8. The van der Waals surface area contributed by atoms with E-state index in [1.54, 1.807) is 0 Å². The molecule has 2 aromatic rings. The van der Waals surface area contributed by atoms with Crippen molar-refractivity contribution in [3.8, 4) is 0 Å². The number of hydrogen-bond acceptors (Lipinski definition) is 2. The van der Waals surface area contributed by atoms with Crippen molar-refractivity contribution < 1.29 is 4.79 Å². The molecule has 0 aromatic heterocycles.